The number of rotatable bonds is 4. The van der Waals surface area contributed by atoms with Crippen molar-refractivity contribution < 1.29 is 0 Å². The van der Waals surface area contributed by atoms with Crippen molar-refractivity contribution in [3.05, 3.63) is 108 Å². The lowest BCUT2D eigenvalue weighted by molar-refractivity contribution is 0.570. The van der Waals surface area contributed by atoms with Crippen LogP contribution in [0.5, 0.6) is 0 Å². The van der Waals surface area contributed by atoms with E-state index in [-0.39, 0.29) is 10.8 Å². The van der Waals surface area contributed by atoms with Crippen LogP contribution >= 0.6 is 7.92 Å². The first-order valence-electron chi connectivity index (χ1n) is 12.1. The van der Waals surface area contributed by atoms with Gasteiger partial charge < -0.3 is 0 Å². The minimum absolute atomic E-state index is 0.0241. The molecule has 0 N–H and O–H groups in total. The van der Waals surface area contributed by atoms with Crippen molar-refractivity contribution in [2.24, 2.45) is 0 Å². The Balaban J connectivity index is 2.18. The molecule has 0 aliphatic heterocycles. The topological polar surface area (TPSA) is 12.9 Å². The second kappa shape index (κ2) is 9.47. The summed E-state index contributed by atoms with van der Waals surface area (Å²) in [6, 6.07) is 31.2. The van der Waals surface area contributed by atoms with Gasteiger partial charge in [0.2, 0.25) is 0 Å². The second-order valence-electron chi connectivity index (χ2n) is 11.1. The van der Waals surface area contributed by atoms with E-state index in [0.717, 1.165) is 5.69 Å². The summed E-state index contributed by atoms with van der Waals surface area (Å²) in [5.41, 5.74) is 6.39. The maximum absolute atomic E-state index is 4.96. The SMILES string of the molecule is Cc1cccnc1-c1c(P(c2ccccc2)c2ccccc2)cc(C(C)(C)C)cc1C(C)(C)C. The lowest BCUT2D eigenvalue weighted by atomic mass is 9.77. The minimum Gasteiger partial charge on any atom is -0.256 e. The summed E-state index contributed by atoms with van der Waals surface area (Å²) in [6.45, 7) is 16.1. The molecule has 0 atom stereocenters. The first-order valence-corrected chi connectivity index (χ1v) is 13.4. The van der Waals surface area contributed by atoms with Crippen LogP contribution in [0.25, 0.3) is 11.3 Å². The molecule has 1 heterocycles. The third kappa shape index (κ3) is 5.01. The summed E-state index contributed by atoms with van der Waals surface area (Å²) in [4.78, 5) is 4.96. The highest BCUT2D eigenvalue weighted by atomic mass is 31.1. The molecule has 4 rings (SSSR count). The predicted molar refractivity (Wildman–Crippen MR) is 151 cm³/mol. The average Bonchev–Trinajstić information content (AvgIpc) is 2.79. The Hall–Kier alpha value is -2.76. The lowest BCUT2D eigenvalue weighted by Gasteiger charge is -2.32. The van der Waals surface area contributed by atoms with E-state index in [1.165, 1.54) is 38.2 Å². The Kier molecular flexibility index (Phi) is 6.79. The van der Waals surface area contributed by atoms with Crippen LogP contribution in [0.3, 0.4) is 0 Å². The molecule has 4 aromatic rings. The van der Waals surface area contributed by atoms with Crippen LogP contribution < -0.4 is 15.9 Å². The van der Waals surface area contributed by atoms with Crippen LogP contribution in [0, 0.1) is 6.92 Å². The first-order chi connectivity index (χ1) is 16.1. The largest absolute Gasteiger partial charge is 0.256 e. The summed E-state index contributed by atoms with van der Waals surface area (Å²) in [6.07, 6.45) is 1.93. The van der Waals surface area contributed by atoms with E-state index < -0.39 is 7.92 Å². The van der Waals surface area contributed by atoms with E-state index in [9.17, 15) is 0 Å². The molecule has 0 aliphatic rings. The molecular weight excluding hydrogens is 429 g/mol. The van der Waals surface area contributed by atoms with E-state index in [2.05, 4.69) is 127 Å². The monoisotopic (exact) mass is 465 g/mol. The third-order valence-electron chi connectivity index (χ3n) is 6.31. The van der Waals surface area contributed by atoms with Crippen LogP contribution in [-0.4, -0.2) is 4.98 Å². The molecule has 0 aliphatic carbocycles. The maximum atomic E-state index is 4.96. The Morgan fingerprint density at radius 3 is 1.68 bits per heavy atom. The van der Waals surface area contributed by atoms with Crippen molar-refractivity contribution in [1.82, 2.24) is 4.98 Å². The molecule has 2 heteroatoms. The van der Waals surface area contributed by atoms with Crippen LogP contribution in [-0.2, 0) is 10.8 Å². The van der Waals surface area contributed by atoms with Gasteiger partial charge in [-0.25, -0.2) is 0 Å². The van der Waals surface area contributed by atoms with Crippen molar-refractivity contribution in [2.75, 3.05) is 0 Å². The molecule has 0 saturated heterocycles. The Morgan fingerprint density at radius 2 is 1.21 bits per heavy atom. The molecule has 1 aromatic heterocycles. The van der Waals surface area contributed by atoms with Gasteiger partial charge in [0.15, 0.2) is 0 Å². The number of benzene rings is 3. The van der Waals surface area contributed by atoms with E-state index >= 15 is 0 Å². The number of aryl methyl sites for hydroxylation is 1. The molecule has 34 heavy (non-hydrogen) atoms. The third-order valence-corrected chi connectivity index (χ3v) is 8.77. The van der Waals surface area contributed by atoms with Crippen LogP contribution in [0.15, 0.2) is 91.1 Å². The van der Waals surface area contributed by atoms with Crippen molar-refractivity contribution in [1.29, 1.82) is 0 Å². The van der Waals surface area contributed by atoms with E-state index in [1.54, 1.807) is 0 Å². The Bertz CT molecular complexity index is 1220. The molecule has 0 fully saturated rings. The highest BCUT2D eigenvalue weighted by Crippen LogP contribution is 2.43. The zero-order chi connectivity index (χ0) is 24.5. The molecule has 0 saturated carbocycles. The number of hydrogen-bond acceptors (Lipinski definition) is 1. The van der Waals surface area contributed by atoms with Crippen LogP contribution in [0.4, 0.5) is 0 Å². The summed E-state index contributed by atoms with van der Waals surface area (Å²) in [5.74, 6) is 0. The van der Waals surface area contributed by atoms with Gasteiger partial charge in [0.05, 0.1) is 5.69 Å². The molecule has 0 bridgehead atoms. The molecular formula is C32H36NP. The maximum Gasteiger partial charge on any atom is 0.0740 e. The number of aromatic nitrogens is 1. The smallest absolute Gasteiger partial charge is 0.0740 e. The van der Waals surface area contributed by atoms with Crippen molar-refractivity contribution in [3.8, 4) is 11.3 Å². The quantitative estimate of drug-likeness (QED) is 0.286. The predicted octanol–water partition coefficient (Wildman–Crippen LogP) is 7.41. The van der Waals surface area contributed by atoms with Gasteiger partial charge in [-0.3, -0.25) is 4.98 Å². The molecule has 1 nitrogen and oxygen atoms in total. The van der Waals surface area contributed by atoms with Crippen molar-refractivity contribution in [2.45, 2.75) is 59.3 Å². The number of nitrogens with zero attached hydrogens (tertiary/aromatic N) is 1. The van der Waals surface area contributed by atoms with E-state index in [0.29, 0.717) is 0 Å². The lowest BCUT2D eigenvalue weighted by Crippen LogP contribution is -2.28. The standard InChI is InChI=1S/C32H36NP/c1-23-15-14-20-33-30(23)29-27(32(5,6)7)21-24(31(2,3)4)22-28(29)34(25-16-10-8-11-17-25)26-18-12-9-13-19-26/h8-22H,1-7H3. The zero-order valence-electron chi connectivity index (χ0n) is 21.6. The van der Waals surface area contributed by atoms with Crippen LogP contribution in [0.1, 0.15) is 58.2 Å². The van der Waals surface area contributed by atoms with E-state index in [4.69, 9.17) is 4.98 Å². The van der Waals surface area contributed by atoms with Crippen LogP contribution in [0.2, 0.25) is 0 Å². The summed E-state index contributed by atoms with van der Waals surface area (Å²) in [7, 11) is -0.770. The average molecular weight is 466 g/mol. The molecule has 0 unspecified atom stereocenters. The number of pyridine rings is 1. The molecule has 0 spiro atoms. The van der Waals surface area contributed by atoms with Crippen molar-refractivity contribution >= 4 is 23.8 Å². The minimum atomic E-state index is -0.770. The number of hydrogen-bond donors (Lipinski definition) is 0. The van der Waals surface area contributed by atoms with Gasteiger partial charge in [-0.2, -0.15) is 0 Å². The Morgan fingerprint density at radius 1 is 0.647 bits per heavy atom. The normalized spacial score (nSPS) is 12.2. The fourth-order valence-electron chi connectivity index (χ4n) is 4.41. The highest BCUT2D eigenvalue weighted by Gasteiger charge is 2.30. The highest BCUT2D eigenvalue weighted by molar-refractivity contribution is 7.80. The van der Waals surface area contributed by atoms with Gasteiger partial charge in [0, 0.05) is 11.8 Å². The van der Waals surface area contributed by atoms with Gasteiger partial charge in [-0.05, 0) is 70.4 Å². The van der Waals surface area contributed by atoms with Gasteiger partial charge in [0.25, 0.3) is 0 Å². The van der Waals surface area contributed by atoms with Gasteiger partial charge in [-0.15, -0.1) is 0 Å². The van der Waals surface area contributed by atoms with Gasteiger partial charge >= 0.3 is 0 Å². The first kappa shape index (κ1) is 24.4. The Labute approximate surface area is 207 Å². The molecule has 0 amide bonds. The molecule has 3 aromatic carbocycles. The van der Waals surface area contributed by atoms with E-state index in [1.807, 2.05) is 12.3 Å². The van der Waals surface area contributed by atoms with Gasteiger partial charge in [0.1, 0.15) is 0 Å². The molecule has 174 valence electrons. The second-order valence-corrected chi connectivity index (χ2v) is 13.3. The fourth-order valence-corrected chi connectivity index (χ4v) is 6.92. The summed E-state index contributed by atoms with van der Waals surface area (Å²) in [5, 5.41) is 4.13. The fraction of sp³-hybridized carbons (Fsp3) is 0.281. The zero-order valence-corrected chi connectivity index (χ0v) is 22.4. The molecule has 0 radical (unpaired) electrons. The summed E-state index contributed by atoms with van der Waals surface area (Å²) >= 11 is 0. The summed E-state index contributed by atoms with van der Waals surface area (Å²) < 4.78 is 0. The van der Waals surface area contributed by atoms with Crippen molar-refractivity contribution in [3.63, 3.8) is 0 Å². The van der Waals surface area contributed by atoms with Gasteiger partial charge in [-0.1, -0.05) is 114 Å².